The van der Waals surface area contributed by atoms with E-state index in [1.807, 2.05) is 36.4 Å². The Labute approximate surface area is 106 Å². The Bertz CT molecular complexity index is 477. The second-order valence-electron chi connectivity index (χ2n) is 4.11. The number of aromatic nitrogens is 2. The summed E-state index contributed by atoms with van der Waals surface area (Å²) in [6, 6.07) is 11.8. The van der Waals surface area contributed by atoms with Crippen LogP contribution in [0.1, 0.15) is 13.8 Å². The number of nitrogens with zero attached hydrogens (tertiary/aromatic N) is 2. The standard InChI is InChI=1S/C13H14ClN3/c1-9(2)15-13-8-7-12(16-17-13)10-3-5-11(14)6-4-10/h3-9H,1-2H3,(H,15,17). The number of halogens is 1. The van der Waals surface area contributed by atoms with E-state index in [0.717, 1.165) is 22.1 Å². The zero-order chi connectivity index (χ0) is 12.3. The van der Waals surface area contributed by atoms with Crippen molar-refractivity contribution in [1.82, 2.24) is 10.2 Å². The molecule has 0 radical (unpaired) electrons. The fourth-order valence-electron chi connectivity index (χ4n) is 1.48. The van der Waals surface area contributed by atoms with Gasteiger partial charge in [0.15, 0.2) is 0 Å². The maximum Gasteiger partial charge on any atom is 0.148 e. The molecule has 2 rings (SSSR count). The number of anilines is 1. The summed E-state index contributed by atoms with van der Waals surface area (Å²) >= 11 is 5.84. The third kappa shape index (κ3) is 3.17. The van der Waals surface area contributed by atoms with Gasteiger partial charge in [0.1, 0.15) is 5.82 Å². The summed E-state index contributed by atoms with van der Waals surface area (Å²) in [6.45, 7) is 4.13. The summed E-state index contributed by atoms with van der Waals surface area (Å²) in [5.41, 5.74) is 1.86. The van der Waals surface area contributed by atoms with Gasteiger partial charge in [-0.3, -0.25) is 0 Å². The van der Waals surface area contributed by atoms with Crippen molar-refractivity contribution < 1.29 is 0 Å². The van der Waals surface area contributed by atoms with E-state index < -0.39 is 0 Å². The van der Waals surface area contributed by atoms with Gasteiger partial charge in [-0.25, -0.2) is 0 Å². The molecule has 0 saturated carbocycles. The van der Waals surface area contributed by atoms with E-state index in [2.05, 4.69) is 29.4 Å². The Kier molecular flexibility index (Phi) is 3.59. The van der Waals surface area contributed by atoms with Crippen molar-refractivity contribution in [3.8, 4) is 11.3 Å². The molecule has 2 aromatic rings. The summed E-state index contributed by atoms with van der Waals surface area (Å²) < 4.78 is 0. The first-order valence-electron chi connectivity index (χ1n) is 5.51. The maximum absolute atomic E-state index is 5.84. The van der Waals surface area contributed by atoms with Gasteiger partial charge in [-0.1, -0.05) is 23.7 Å². The molecule has 0 fully saturated rings. The molecule has 0 amide bonds. The van der Waals surface area contributed by atoms with Gasteiger partial charge in [0, 0.05) is 16.6 Å². The number of rotatable bonds is 3. The van der Waals surface area contributed by atoms with Crippen LogP contribution >= 0.6 is 11.6 Å². The molecule has 0 aliphatic rings. The molecule has 1 aromatic carbocycles. The zero-order valence-corrected chi connectivity index (χ0v) is 10.6. The van der Waals surface area contributed by atoms with E-state index in [1.165, 1.54) is 0 Å². The smallest absolute Gasteiger partial charge is 0.148 e. The van der Waals surface area contributed by atoms with Crippen LogP contribution < -0.4 is 5.32 Å². The average molecular weight is 248 g/mol. The normalized spacial score (nSPS) is 10.6. The fourth-order valence-corrected chi connectivity index (χ4v) is 1.61. The van der Waals surface area contributed by atoms with Crippen LogP contribution in [0.5, 0.6) is 0 Å². The van der Waals surface area contributed by atoms with Gasteiger partial charge in [-0.05, 0) is 38.1 Å². The highest BCUT2D eigenvalue weighted by molar-refractivity contribution is 6.30. The maximum atomic E-state index is 5.84. The van der Waals surface area contributed by atoms with Gasteiger partial charge in [-0.15, -0.1) is 10.2 Å². The van der Waals surface area contributed by atoms with Crippen LogP contribution in [0.15, 0.2) is 36.4 Å². The highest BCUT2D eigenvalue weighted by Gasteiger charge is 2.01. The molecule has 0 aliphatic carbocycles. The van der Waals surface area contributed by atoms with E-state index >= 15 is 0 Å². The van der Waals surface area contributed by atoms with E-state index in [-0.39, 0.29) is 0 Å². The van der Waals surface area contributed by atoms with Crippen LogP contribution in [0.2, 0.25) is 5.02 Å². The molecule has 1 N–H and O–H groups in total. The highest BCUT2D eigenvalue weighted by atomic mass is 35.5. The molecule has 0 bridgehead atoms. The Morgan fingerprint density at radius 1 is 1.00 bits per heavy atom. The molecule has 0 unspecified atom stereocenters. The summed E-state index contributed by atoms with van der Waals surface area (Å²) in [4.78, 5) is 0. The number of hydrogen-bond acceptors (Lipinski definition) is 3. The Morgan fingerprint density at radius 3 is 2.24 bits per heavy atom. The average Bonchev–Trinajstić information content (AvgIpc) is 2.30. The Balaban J connectivity index is 2.20. The van der Waals surface area contributed by atoms with Gasteiger partial charge in [-0.2, -0.15) is 0 Å². The topological polar surface area (TPSA) is 37.8 Å². The first-order valence-corrected chi connectivity index (χ1v) is 5.89. The molecule has 0 saturated heterocycles. The van der Waals surface area contributed by atoms with Crippen molar-refractivity contribution in [2.24, 2.45) is 0 Å². The van der Waals surface area contributed by atoms with Crippen LogP contribution in [0, 0.1) is 0 Å². The zero-order valence-electron chi connectivity index (χ0n) is 9.81. The lowest BCUT2D eigenvalue weighted by Gasteiger charge is -2.08. The van der Waals surface area contributed by atoms with Crippen molar-refractivity contribution in [3.63, 3.8) is 0 Å². The van der Waals surface area contributed by atoms with Crippen LogP contribution in [0.25, 0.3) is 11.3 Å². The van der Waals surface area contributed by atoms with Crippen LogP contribution in [-0.2, 0) is 0 Å². The summed E-state index contributed by atoms with van der Waals surface area (Å²) in [5.74, 6) is 0.790. The van der Waals surface area contributed by atoms with Gasteiger partial charge >= 0.3 is 0 Å². The molecular formula is C13H14ClN3. The third-order valence-electron chi connectivity index (χ3n) is 2.24. The molecular weight excluding hydrogens is 234 g/mol. The van der Waals surface area contributed by atoms with Crippen molar-refractivity contribution in [3.05, 3.63) is 41.4 Å². The van der Waals surface area contributed by atoms with E-state index in [4.69, 9.17) is 11.6 Å². The third-order valence-corrected chi connectivity index (χ3v) is 2.49. The van der Waals surface area contributed by atoms with Crippen LogP contribution in [-0.4, -0.2) is 16.2 Å². The number of nitrogens with one attached hydrogen (secondary N) is 1. The molecule has 4 heteroatoms. The fraction of sp³-hybridized carbons (Fsp3) is 0.231. The second-order valence-corrected chi connectivity index (χ2v) is 4.55. The lowest BCUT2D eigenvalue weighted by molar-refractivity contribution is 0.874. The van der Waals surface area contributed by atoms with Crippen molar-refractivity contribution in [2.75, 3.05) is 5.32 Å². The molecule has 0 spiro atoms. The van der Waals surface area contributed by atoms with Gasteiger partial charge in [0.2, 0.25) is 0 Å². The second kappa shape index (κ2) is 5.15. The molecule has 1 aromatic heterocycles. The predicted octanol–water partition coefficient (Wildman–Crippen LogP) is 3.62. The molecule has 1 heterocycles. The molecule has 17 heavy (non-hydrogen) atoms. The molecule has 0 aliphatic heterocycles. The molecule has 0 atom stereocenters. The van der Waals surface area contributed by atoms with Gasteiger partial charge in [0.05, 0.1) is 5.69 Å². The quantitative estimate of drug-likeness (QED) is 0.900. The SMILES string of the molecule is CC(C)Nc1ccc(-c2ccc(Cl)cc2)nn1. The molecule has 3 nitrogen and oxygen atoms in total. The first kappa shape index (κ1) is 11.9. The van der Waals surface area contributed by atoms with Crippen molar-refractivity contribution in [2.45, 2.75) is 19.9 Å². The van der Waals surface area contributed by atoms with Gasteiger partial charge < -0.3 is 5.32 Å². The van der Waals surface area contributed by atoms with E-state index in [9.17, 15) is 0 Å². The number of benzene rings is 1. The lowest BCUT2D eigenvalue weighted by Crippen LogP contribution is -2.11. The minimum atomic E-state index is 0.352. The van der Waals surface area contributed by atoms with Gasteiger partial charge in [0.25, 0.3) is 0 Å². The van der Waals surface area contributed by atoms with E-state index in [0.29, 0.717) is 6.04 Å². The summed E-state index contributed by atoms with van der Waals surface area (Å²) in [7, 11) is 0. The van der Waals surface area contributed by atoms with E-state index in [1.54, 1.807) is 0 Å². The first-order chi connectivity index (χ1) is 8.15. The highest BCUT2D eigenvalue weighted by Crippen LogP contribution is 2.19. The largest absolute Gasteiger partial charge is 0.366 e. The predicted molar refractivity (Wildman–Crippen MR) is 71.2 cm³/mol. The minimum Gasteiger partial charge on any atom is -0.366 e. The lowest BCUT2D eigenvalue weighted by atomic mass is 10.1. The molecule has 88 valence electrons. The van der Waals surface area contributed by atoms with Crippen LogP contribution in [0.4, 0.5) is 5.82 Å². The Hall–Kier alpha value is -1.61. The monoisotopic (exact) mass is 247 g/mol. The van der Waals surface area contributed by atoms with Crippen LogP contribution in [0.3, 0.4) is 0 Å². The minimum absolute atomic E-state index is 0.352. The van der Waals surface area contributed by atoms with Crippen molar-refractivity contribution in [1.29, 1.82) is 0 Å². The number of hydrogen-bond donors (Lipinski definition) is 1. The summed E-state index contributed by atoms with van der Waals surface area (Å²) in [5, 5.41) is 12.2. The summed E-state index contributed by atoms with van der Waals surface area (Å²) in [6.07, 6.45) is 0. The van der Waals surface area contributed by atoms with Crippen molar-refractivity contribution >= 4 is 17.4 Å². The Morgan fingerprint density at radius 2 is 1.71 bits per heavy atom.